The Labute approximate surface area is 137 Å². The van der Waals surface area contributed by atoms with Gasteiger partial charge in [-0.25, -0.2) is 9.59 Å². The van der Waals surface area contributed by atoms with Gasteiger partial charge in [-0.2, -0.15) is 0 Å². The minimum atomic E-state index is -0.487. The molecule has 124 valence electrons. The molecule has 23 heavy (non-hydrogen) atoms. The van der Waals surface area contributed by atoms with E-state index in [0.717, 1.165) is 18.4 Å². The summed E-state index contributed by atoms with van der Waals surface area (Å²) in [5, 5.41) is 5.46. The van der Waals surface area contributed by atoms with Crippen LogP contribution in [0.4, 0.5) is 4.79 Å². The van der Waals surface area contributed by atoms with E-state index in [4.69, 9.17) is 4.74 Å². The van der Waals surface area contributed by atoms with E-state index in [0.29, 0.717) is 23.8 Å². The Hall–Kier alpha value is -2.30. The number of ether oxygens (including phenoxy) is 1. The van der Waals surface area contributed by atoms with Crippen molar-refractivity contribution in [2.75, 3.05) is 6.61 Å². The average molecular weight is 316 g/mol. The van der Waals surface area contributed by atoms with Gasteiger partial charge in [0.25, 0.3) is 0 Å². The Kier molecular flexibility index (Phi) is 5.79. The Bertz CT molecular complexity index is 592. The summed E-state index contributed by atoms with van der Waals surface area (Å²) in [7, 11) is 0. The molecule has 2 N–H and O–H groups in total. The molecule has 1 heterocycles. The van der Waals surface area contributed by atoms with Crippen molar-refractivity contribution >= 4 is 12.0 Å². The quantitative estimate of drug-likeness (QED) is 0.791. The number of amides is 2. The van der Waals surface area contributed by atoms with Gasteiger partial charge in [0.05, 0.1) is 18.2 Å². The van der Waals surface area contributed by atoms with Crippen molar-refractivity contribution in [3.63, 3.8) is 0 Å². The minimum Gasteiger partial charge on any atom is -0.462 e. The number of benzene rings is 1. The summed E-state index contributed by atoms with van der Waals surface area (Å²) in [5.41, 5.74) is 1.86. The molecule has 1 aromatic carbocycles. The molecule has 0 fully saturated rings. The molecule has 5 nitrogen and oxygen atoms in total. The molecular formula is C18H24N2O3. The number of rotatable bonds is 6. The molecular weight excluding hydrogens is 292 g/mol. The fraction of sp³-hybridized carbons (Fsp3) is 0.444. The highest BCUT2D eigenvalue weighted by atomic mass is 16.5. The van der Waals surface area contributed by atoms with Crippen LogP contribution in [0.15, 0.2) is 41.6 Å². The molecule has 0 spiro atoms. The number of carbonyl (C=O) groups excluding carboxylic acids is 2. The highest BCUT2D eigenvalue weighted by Gasteiger charge is 2.32. The molecule has 0 saturated carbocycles. The SMILES string of the molecule is CCC(CC)COC(=O)C1=C(C)NC(=O)N[C@H]1c1ccccc1. The maximum atomic E-state index is 12.6. The molecule has 0 unspecified atom stereocenters. The van der Waals surface area contributed by atoms with E-state index in [1.165, 1.54) is 0 Å². The largest absolute Gasteiger partial charge is 0.462 e. The Balaban J connectivity index is 2.22. The highest BCUT2D eigenvalue weighted by Crippen LogP contribution is 2.27. The summed E-state index contributed by atoms with van der Waals surface area (Å²) >= 11 is 0. The van der Waals surface area contributed by atoms with Crippen molar-refractivity contribution in [3.8, 4) is 0 Å². The van der Waals surface area contributed by atoms with Crippen LogP contribution in [0.25, 0.3) is 0 Å². The lowest BCUT2D eigenvalue weighted by Gasteiger charge is -2.28. The molecule has 5 heteroatoms. The molecule has 1 aliphatic rings. The summed E-state index contributed by atoms with van der Waals surface area (Å²) in [6.07, 6.45) is 1.94. The number of allylic oxidation sites excluding steroid dienone is 1. The Morgan fingerprint density at radius 2 is 1.87 bits per heavy atom. The van der Waals surface area contributed by atoms with Gasteiger partial charge >= 0.3 is 12.0 Å². The van der Waals surface area contributed by atoms with Crippen LogP contribution >= 0.6 is 0 Å². The lowest BCUT2D eigenvalue weighted by Crippen LogP contribution is -2.45. The lowest BCUT2D eigenvalue weighted by atomic mass is 9.95. The van der Waals surface area contributed by atoms with E-state index in [-0.39, 0.29) is 12.0 Å². The third kappa shape index (κ3) is 4.12. The molecule has 1 aliphatic heterocycles. The summed E-state index contributed by atoms with van der Waals surface area (Å²) in [6.45, 7) is 6.30. The van der Waals surface area contributed by atoms with E-state index in [1.807, 2.05) is 30.3 Å². The third-order valence-electron chi connectivity index (χ3n) is 4.23. The predicted octanol–water partition coefficient (Wildman–Crippen LogP) is 3.29. The van der Waals surface area contributed by atoms with Crippen LogP contribution in [0, 0.1) is 5.92 Å². The first-order chi connectivity index (χ1) is 11.1. The van der Waals surface area contributed by atoms with Crippen molar-refractivity contribution in [1.29, 1.82) is 0 Å². The molecule has 2 rings (SSSR count). The second-order valence-corrected chi connectivity index (χ2v) is 5.76. The summed E-state index contributed by atoms with van der Waals surface area (Å²) in [5.74, 6) is -0.0167. The third-order valence-corrected chi connectivity index (χ3v) is 4.23. The van der Waals surface area contributed by atoms with Gasteiger partial charge < -0.3 is 15.4 Å². The second-order valence-electron chi connectivity index (χ2n) is 5.76. The number of carbonyl (C=O) groups is 2. The van der Waals surface area contributed by atoms with Crippen LogP contribution < -0.4 is 10.6 Å². The van der Waals surface area contributed by atoms with Gasteiger partial charge in [0.2, 0.25) is 0 Å². The van der Waals surface area contributed by atoms with Crippen molar-refractivity contribution < 1.29 is 14.3 Å². The zero-order valence-electron chi connectivity index (χ0n) is 13.9. The van der Waals surface area contributed by atoms with Crippen LogP contribution in [-0.4, -0.2) is 18.6 Å². The van der Waals surface area contributed by atoms with Gasteiger partial charge in [-0.05, 0) is 18.4 Å². The molecule has 0 saturated heterocycles. The van der Waals surface area contributed by atoms with Crippen LogP contribution in [0.3, 0.4) is 0 Å². The van der Waals surface area contributed by atoms with Crippen LogP contribution in [0.2, 0.25) is 0 Å². The highest BCUT2D eigenvalue weighted by molar-refractivity contribution is 5.95. The van der Waals surface area contributed by atoms with E-state index in [2.05, 4.69) is 24.5 Å². The first-order valence-corrected chi connectivity index (χ1v) is 8.07. The van der Waals surface area contributed by atoms with Crippen LogP contribution in [0.1, 0.15) is 45.2 Å². The topological polar surface area (TPSA) is 67.4 Å². The molecule has 2 amide bonds. The van der Waals surface area contributed by atoms with Crippen molar-refractivity contribution in [1.82, 2.24) is 10.6 Å². The van der Waals surface area contributed by atoms with Gasteiger partial charge in [-0.3, -0.25) is 0 Å². The van der Waals surface area contributed by atoms with E-state index in [9.17, 15) is 9.59 Å². The predicted molar refractivity (Wildman–Crippen MR) is 88.6 cm³/mol. The number of hydrogen-bond acceptors (Lipinski definition) is 3. The Morgan fingerprint density at radius 3 is 2.48 bits per heavy atom. The second kappa shape index (κ2) is 7.81. The van der Waals surface area contributed by atoms with Gasteiger partial charge in [0.15, 0.2) is 0 Å². The summed E-state index contributed by atoms with van der Waals surface area (Å²) in [6, 6.07) is 8.63. The van der Waals surface area contributed by atoms with E-state index < -0.39 is 6.04 Å². The smallest absolute Gasteiger partial charge is 0.338 e. The monoisotopic (exact) mass is 316 g/mol. The van der Waals surface area contributed by atoms with Crippen molar-refractivity contribution in [2.24, 2.45) is 5.92 Å². The van der Waals surface area contributed by atoms with Crippen molar-refractivity contribution in [3.05, 3.63) is 47.2 Å². The molecule has 0 radical (unpaired) electrons. The number of hydrogen-bond donors (Lipinski definition) is 2. The van der Waals surface area contributed by atoms with E-state index >= 15 is 0 Å². The molecule has 0 bridgehead atoms. The molecule has 0 aliphatic carbocycles. The van der Waals surface area contributed by atoms with Gasteiger partial charge in [0.1, 0.15) is 0 Å². The number of nitrogens with one attached hydrogen (secondary N) is 2. The summed E-state index contributed by atoms with van der Waals surface area (Å²) < 4.78 is 5.49. The lowest BCUT2D eigenvalue weighted by molar-refractivity contribution is -0.141. The van der Waals surface area contributed by atoms with E-state index in [1.54, 1.807) is 6.92 Å². The molecule has 0 aromatic heterocycles. The minimum absolute atomic E-state index is 0.312. The summed E-state index contributed by atoms with van der Waals surface area (Å²) in [4.78, 5) is 24.3. The van der Waals surface area contributed by atoms with Gasteiger partial charge in [-0.1, -0.05) is 57.0 Å². The maximum Gasteiger partial charge on any atom is 0.338 e. The van der Waals surface area contributed by atoms with Gasteiger partial charge in [0, 0.05) is 5.70 Å². The fourth-order valence-corrected chi connectivity index (χ4v) is 2.66. The number of urea groups is 1. The first-order valence-electron chi connectivity index (χ1n) is 8.07. The standard InChI is InChI=1S/C18H24N2O3/c1-4-13(5-2)11-23-17(21)15-12(3)19-18(22)20-16(15)14-9-7-6-8-10-14/h6-10,13,16H,4-5,11H2,1-3H3,(H2,19,20,22)/t16-/m0/s1. The molecule has 1 atom stereocenters. The first kappa shape index (κ1) is 17.1. The zero-order valence-corrected chi connectivity index (χ0v) is 13.9. The van der Waals surface area contributed by atoms with Gasteiger partial charge in [-0.15, -0.1) is 0 Å². The van der Waals surface area contributed by atoms with Crippen LogP contribution in [0.5, 0.6) is 0 Å². The van der Waals surface area contributed by atoms with Crippen LogP contribution in [-0.2, 0) is 9.53 Å². The Morgan fingerprint density at radius 1 is 1.22 bits per heavy atom. The average Bonchev–Trinajstić information content (AvgIpc) is 2.55. The zero-order chi connectivity index (χ0) is 16.8. The maximum absolute atomic E-state index is 12.6. The molecule has 1 aromatic rings. The number of esters is 1. The fourth-order valence-electron chi connectivity index (χ4n) is 2.66. The van der Waals surface area contributed by atoms with Crippen molar-refractivity contribution in [2.45, 2.75) is 39.7 Å². The normalized spacial score (nSPS) is 17.7.